The fraction of sp³-hybridized carbons (Fsp3) is 0.188. The number of benzene rings is 2. The number of nitrogens with one attached hydrogen (secondary N) is 1. The minimum absolute atomic E-state index is 0.136. The van der Waals surface area contributed by atoms with Gasteiger partial charge in [-0.15, -0.1) is 0 Å². The maximum atomic E-state index is 13.0. The molecule has 2 aromatic rings. The van der Waals surface area contributed by atoms with Gasteiger partial charge in [-0.25, -0.2) is 4.39 Å². The van der Waals surface area contributed by atoms with Gasteiger partial charge in [0.2, 0.25) is 0 Å². The number of anilines is 1. The van der Waals surface area contributed by atoms with E-state index in [-0.39, 0.29) is 10.9 Å². The normalized spacial score (nSPS) is 11.9. The van der Waals surface area contributed by atoms with Crippen LogP contribution in [-0.2, 0) is 4.79 Å². The smallest absolute Gasteiger partial charge is 0.265 e. The molecular formula is C16H14BrClFNO2. The zero-order valence-corrected chi connectivity index (χ0v) is 14.3. The van der Waals surface area contributed by atoms with E-state index in [2.05, 4.69) is 21.2 Å². The first-order valence-corrected chi connectivity index (χ1v) is 7.72. The van der Waals surface area contributed by atoms with Crippen molar-refractivity contribution < 1.29 is 13.9 Å². The topological polar surface area (TPSA) is 38.3 Å². The number of halogens is 3. The fourth-order valence-electron chi connectivity index (χ4n) is 1.77. The molecule has 116 valence electrons. The van der Waals surface area contributed by atoms with Gasteiger partial charge < -0.3 is 10.1 Å². The van der Waals surface area contributed by atoms with Crippen molar-refractivity contribution in [3.8, 4) is 5.75 Å². The molecule has 0 spiro atoms. The Balaban J connectivity index is 2.05. The summed E-state index contributed by atoms with van der Waals surface area (Å²) in [5.41, 5.74) is 1.42. The lowest BCUT2D eigenvalue weighted by atomic mass is 10.2. The molecule has 1 N–H and O–H groups in total. The van der Waals surface area contributed by atoms with Crippen molar-refractivity contribution in [2.45, 2.75) is 20.0 Å². The van der Waals surface area contributed by atoms with Crippen molar-refractivity contribution in [1.29, 1.82) is 0 Å². The van der Waals surface area contributed by atoms with Gasteiger partial charge in [0.15, 0.2) is 6.10 Å². The number of carbonyl (C=O) groups is 1. The first-order valence-electron chi connectivity index (χ1n) is 6.55. The van der Waals surface area contributed by atoms with Gasteiger partial charge in [0.05, 0.1) is 15.2 Å². The van der Waals surface area contributed by atoms with Crippen LogP contribution in [0.5, 0.6) is 5.75 Å². The van der Waals surface area contributed by atoms with Crippen molar-refractivity contribution in [2.75, 3.05) is 5.32 Å². The highest BCUT2D eigenvalue weighted by molar-refractivity contribution is 9.10. The van der Waals surface area contributed by atoms with Crippen LogP contribution in [0.2, 0.25) is 5.02 Å². The maximum absolute atomic E-state index is 13.0. The molecule has 0 radical (unpaired) electrons. The van der Waals surface area contributed by atoms with Crippen LogP contribution >= 0.6 is 27.5 Å². The van der Waals surface area contributed by atoms with Gasteiger partial charge in [-0.05, 0) is 65.7 Å². The molecule has 0 aliphatic heterocycles. The quantitative estimate of drug-likeness (QED) is 0.807. The van der Waals surface area contributed by atoms with Crippen LogP contribution in [0.25, 0.3) is 0 Å². The van der Waals surface area contributed by atoms with E-state index < -0.39 is 11.9 Å². The Bertz CT molecular complexity index is 709. The SMILES string of the molecule is Cc1ccc(OC(C)C(=O)Nc2ccc(F)cc2Cl)c(Br)c1. The summed E-state index contributed by atoms with van der Waals surface area (Å²) >= 11 is 9.27. The first-order chi connectivity index (χ1) is 10.4. The molecule has 0 bridgehead atoms. The maximum Gasteiger partial charge on any atom is 0.265 e. The Kier molecular flexibility index (Phi) is 5.42. The second-order valence-electron chi connectivity index (χ2n) is 4.81. The average Bonchev–Trinajstić information content (AvgIpc) is 2.44. The Labute approximate surface area is 141 Å². The van der Waals surface area contributed by atoms with Crippen molar-refractivity contribution in [3.63, 3.8) is 0 Å². The van der Waals surface area contributed by atoms with E-state index >= 15 is 0 Å². The first kappa shape index (κ1) is 16.8. The van der Waals surface area contributed by atoms with Gasteiger partial charge in [-0.2, -0.15) is 0 Å². The fourth-order valence-corrected chi connectivity index (χ4v) is 2.57. The second kappa shape index (κ2) is 7.11. The van der Waals surface area contributed by atoms with E-state index in [1.54, 1.807) is 13.0 Å². The molecule has 0 aliphatic rings. The van der Waals surface area contributed by atoms with Crippen molar-refractivity contribution in [3.05, 3.63) is 57.3 Å². The van der Waals surface area contributed by atoms with Gasteiger partial charge in [0, 0.05) is 0 Å². The molecule has 1 amide bonds. The molecule has 3 nitrogen and oxygen atoms in total. The van der Waals surface area contributed by atoms with Crippen molar-refractivity contribution in [2.24, 2.45) is 0 Å². The van der Waals surface area contributed by atoms with Crippen molar-refractivity contribution in [1.82, 2.24) is 0 Å². The number of amides is 1. The summed E-state index contributed by atoms with van der Waals surface area (Å²) in [6.45, 7) is 3.58. The van der Waals surface area contributed by atoms with Crippen LogP contribution in [0.15, 0.2) is 40.9 Å². The average molecular weight is 387 g/mol. The zero-order chi connectivity index (χ0) is 16.3. The molecule has 0 aromatic heterocycles. The van der Waals surface area contributed by atoms with Crippen LogP contribution in [0, 0.1) is 12.7 Å². The largest absolute Gasteiger partial charge is 0.480 e. The molecule has 1 atom stereocenters. The van der Waals surface area contributed by atoms with Crippen LogP contribution < -0.4 is 10.1 Å². The molecule has 0 fully saturated rings. The summed E-state index contributed by atoms with van der Waals surface area (Å²) in [7, 11) is 0. The van der Waals surface area contributed by atoms with E-state index in [4.69, 9.17) is 16.3 Å². The Morgan fingerprint density at radius 2 is 2.05 bits per heavy atom. The Hall–Kier alpha value is -1.59. The molecule has 22 heavy (non-hydrogen) atoms. The van der Waals surface area contributed by atoms with Gasteiger partial charge in [0.25, 0.3) is 5.91 Å². The summed E-state index contributed by atoms with van der Waals surface area (Å²) in [6, 6.07) is 9.35. The van der Waals surface area contributed by atoms with Crippen LogP contribution in [-0.4, -0.2) is 12.0 Å². The molecular weight excluding hydrogens is 373 g/mol. The lowest BCUT2D eigenvalue weighted by Crippen LogP contribution is -2.30. The number of carbonyl (C=O) groups excluding carboxylic acids is 1. The Morgan fingerprint density at radius 3 is 2.68 bits per heavy atom. The van der Waals surface area contributed by atoms with Crippen LogP contribution in [0.3, 0.4) is 0 Å². The number of ether oxygens (including phenoxy) is 1. The third-order valence-corrected chi connectivity index (χ3v) is 3.88. The van der Waals surface area contributed by atoms with Crippen LogP contribution in [0.1, 0.15) is 12.5 Å². The van der Waals surface area contributed by atoms with E-state index in [1.165, 1.54) is 12.1 Å². The molecule has 1 unspecified atom stereocenters. The predicted molar refractivity (Wildman–Crippen MR) is 89.0 cm³/mol. The Morgan fingerprint density at radius 1 is 1.32 bits per heavy atom. The third kappa shape index (κ3) is 4.21. The lowest BCUT2D eigenvalue weighted by Gasteiger charge is -2.16. The number of hydrogen-bond acceptors (Lipinski definition) is 2. The van der Waals surface area contributed by atoms with Crippen LogP contribution in [0.4, 0.5) is 10.1 Å². The van der Waals surface area contributed by atoms with Gasteiger partial charge >= 0.3 is 0 Å². The molecule has 6 heteroatoms. The lowest BCUT2D eigenvalue weighted by molar-refractivity contribution is -0.122. The monoisotopic (exact) mass is 385 g/mol. The summed E-state index contributed by atoms with van der Waals surface area (Å²) in [5, 5.41) is 2.75. The number of rotatable bonds is 4. The highest BCUT2D eigenvalue weighted by Crippen LogP contribution is 2.27. The number of aryl methyl sites for hydroxylation is 1. The summed E-state index contributed by atoms with van der Waals surface area (Å²) < 4.78 is 19.4. The summed E-state index contributed by atoms with van der Waals surface area (Å²) in [4.78, 5) is 12.1. The van der Waals surface area contributed by atoms with E-state index in [0.29, 0.717) is 11.4 Å². The standard InChI is InChI=1S/C16H14BrClFNO2/c1-9-3-6-15(12(17)7-9)22-10(2)16(21)20-14-5-4-11(19)8-13(14)18/h3-8,10H,1-2H3,(H,20,21). The minimum atomic E-state index is -0.736. The minimum Gasteiger partial charge on any atom is -0.480 e. The van der Waals surface area contributed by atoms with E-state index in [0.717, 1.165) is 16.1 Å². The van der Waals surface area contributed by atoms with Crippen molar-refractivity contribution >= 4 is 39.1 Å². The third-order valence-electron chi connectivity index (χ3n) is 2.95. The zero-order valence-electron chi connectivity index (χ0n) is 12.0. The molecule has 0 heterocycles. The van der Waals surface area contributed by atoms with E-state index in [9.17, 15) is 9.18 Å². The van der Waals surface area contributed by atoms with Gasteiger partial charge in [0.1, 0.15) is 11.6 Å². The predicted octanol–water partition coefficient (Wildman–Crippen LogP) is 4.96. The highest BCUT2D eigenvalue weighted by Gasteiger charge is 2.17. The molecule has 2 rings (SSSR count). The number of hydrogen-bond donors (Lipinski definition) is 1. The summed E-state index contributed by atoms with van der Waals surface area (Å²) in [5.74, 6) is -0.268. The van der Waals surface area contributed by atoms with Gasteiger partial charge in [-0.1, -0.05) is 17.7 Å². The second-order valence-corrected chi connectivity index (χ2v) is 6.07. The molecule has 0 aliphatic carbocycles. The molecule has 2 aromatic carbocycles. The molecule has 0 saturated carbocycles. The van der Waals surface area contributed by atoms with Gasteiger partial charge in [-0.3, -0.25) is 4.79 Å². The highest BCUT2D eigenvalue weighted by atomic mass is 79.9. The van der Waals surface area contributed by atoms with E-state index in [1.807, 2.05) is 19.1 Å². The summed E-state index contributed by atoms with van der Waals surface area (Å²) in [6.07, 6.45) is -0.736. The molecule has 0 saturated heterocycles.